The van der Waals surface area contributed by atoms with Gasteiger partial charge in [0.05, 0.1) is 35.4 Å². The molecule has 4 atom stereocenters. The van der Waals surface area contributed by atoms with E-state index in [1.54, 1.807) is 13.3 Å². The number of carbonyl (C=O) groups is 1. The molecule has 0 spiro atoms. The first-order valence-corrected chi connectivity index (χ1v) is 16.8. The summed E-state index contributed by atoms with van der Waals surface area (Å²) in [6.45, 7) is 16.6. The first-order valence-electron chi connectivity index (χ1n) is 16.8. The summed E-state index contributed by atoms with van der Waals surface area (Å²) in [5.74, 6) is 1.54. The van der Waals surface area contributed by atoms with Crippen LogP contribution in [0, 0.1) is 18.3 Å². The van der Waals surface area contributed by atoms with Crippen molar-refractivity contribution in [1.82, 2.24) is 25.2 Å². The van der Waals surface area contributed by atoms with E-state index in [2.05, 4.69) is 42.9 Å². The summed E-state index contributed by atoms with van der Waals surface area (Å²) in [4.78, 5) is 36.0. The van der Waals surface area contributed by atoms with Crippen molar-refractivity contribution in [2.24, 2.45) is 0 Å². The number of carbonyl (C=O) groups excluding carboxylic acids is 1. The second kappa shape index (κ2) is 14.1. The Balaban J connectivity index is 1.07. The molecule has 13 heteroatoms. The van der Waals surface area contributed by atoms with Gasteiger partial charge in [0.15, 0.2) is 0 Å². The minimum atomic E-state index is -0.578. The molecule has 6 rings (SSSR count). The number of nitriles is 1. The largest absolute Gasteiger partial charge is 0.444 e. The Bertz CT molecular complexity index is 1650. The number of nitrogens with one attached hydrogen (secondary N) is 1. The quantitative estimate of drug-likeness (QED) is 0.400. The fourth-order valence-electron chi connectivity index (χ4n) is 6.93. The van der Waals surface area contributed by atoms with Crippen LogP contribution in [0.4, 0.5) is 22.2 Å². The molecule has 0 bridgehead atoms. The number of benzene rings is 1. The number of pyridine rings is 1. The molecule has 3 saturated heterocycles. The molecule has 256 valence electrons. The van der Waals surface area contributed by atoms with Crippen LogP contribution in [0.25, 0.3) is 10.9 Å². The maximum atomic E-state index is 12.5. The summed E-state index contributed by atoms with van der Waals surface area (Å²) in [7, 11) is 1.66. The van der Waals surface area contributed by atoms with Gasteiger partial charge >= 0.3 is 6.09 Å². The van der Waals surface area contributed by atoms with Crippen molar-refractivity contribution < 1.29 is 19.0 Å². The van der Waals surface area contributed by atoms with E-state index in [0.717, 1.165) is 73.9 Å². The Morgan fingerprint density at radius 2 is 1.85 bits per heavy atom. The first-order chi connectivity index (χ1) is 23.0. The Kier molecular flexibility index (Phi) is 9.87. The Morgan fingerprint density at radius 3 is 2.58 bits per heavy atom. The fraction of sp³-hybridized carbons (Fsp3) is 0.571. The molecule has 13 nitrogen and oxygen atoms in total. The van der Waals surface area contributed by atoms with Crippen LogP contribution in [0.3, 0.4) is 0 Å². The standard InChI is InChI=1S/C35H47N9O4/c1-23-16-31(40-33(38-23)44-21-28(30(22-44)46-6)39-34(45)48-35(3,4)5)42-14-12-41(13-15-42)19-26-20-43(18-24(2)47-26)29-10-9-25(17-36)32-27(29)8-7-11-37-32/h7-11,16,24,26,28,30H,12-15,18-22H2,1-6H3,(H,39,45)/t24-,26+,28?,30?/m1/s1. The number of aromatic nitrogens is 3. The number of rotatable bonds is 7. The molecule has 5 heterocycles. The van der Waals surface area contributed by atoms with Crippen LogP contribution in [0.1, 0.15) is 39.0 Å². The van der Waals surface area contributed by atoms with Gasteiger partial charge < -0.3 is 34.2 Å². The third-order valence-electron chi connectivity index (χ3n) is 9.08. The van der Waals surface area contributed by atoms with E-state index in [9.17, 15) is 10.1 Å². The lowest BCUT2D eigenvalue weighted by molar-refractivity contribution is -0.0327. The van der Waals surface area contributed by atoms with Crippen LogP contribution in [0.2, 0.25) is 0 Å². The molecule has 2 aromatic heterocycles. The highest BCUT2D eigenvalue weighted by molar-refractivity contribution is 5.95. The molecule has 0 aliphatic carbocycles. The highest BCUT2D eigenvalue weighted by Gasteiger charge is 2.37. The Labute approximate surface area is 282 Å². The van der Waals surface area contributed by atoms with E-state index in [4.69, 9.17) is 24.2 Å². The minimum absolute atomic E-state index is 0.0571. The molecule has 0 saturated carbocycles. The number of hydrogen-bond acceptors (Lipinski definition) is 12. The van der Waals surface area contributed by atoms with Crippen molar-refractivity contribution in [3.05, 3.63) is 47.8 Å². The van der Waals surface area contributed by atoms with Crippen molar-refractivity contribution in [3.63, 3.8) is 0 Å². The number of ether oxygens (including phenoxy) is 3. The van der Waals surface area contributed by atoms with E-state index >= 15 is 0 Å². The summed E-state index contributed by atoms with van der Waals surface area (Å²) in [6.07, 6.45) is 1.22. The van der Waals surface area contributed by atoms with E-state index in [0.29, 0.717) is 24.6 Å². The summed E-state index contributed by atoms with van der Waals surface area (Å²) in [6, 6.07) is 12.0. The molecular formula is C35H47N9O4. The molecule has 1 N–H and O–H groups in total. The van der Waals surface area contributed by atoms with Gasteiger partial charge in [0.25, 0.3) is 0 Å². The van der Waals surface area contributed by atoms with Gasteiger partial charge in [-0.2, -0.15) is 10.2 Å². The van der Waals surface area contributed by atoms with Gasteiger partial charge in [0.2, 0.25) is 5.95 Å². The topological polar surface area (TPSA) is 132 Å². The van der Waals surface area contributed by atoms with Gasteiger partial charge in [-0.3, -0.25) is 9.88 Å². The van der Waals surface area contributed by atoms with Crippen molar-refractivity contribution in [2.45, 2.75) is 64.6 Å². The molecular weight excluding hydrogens is 610 g/mol. The van der Waals surface area contributed by atoms with Crippen molar-refractivity contribution in [2.75, 3.05) is 80.7 Å². The van der Waals surface area contributed by atoms with Gasteiger partial charge in [-0.1, -0.05) is 0 Å². The monoisotopic (exact) mass is 657 g/mol. The van der Waals surface area contributed by atoms with Gasteiger partial charge in [-0.25, -0.2) is 9.78 Å². The van der Waals surface area contributed by atoms with E-state index < -0.39 is 11.7 Å². The Morgan fingerprint density at radius 1 is 1.06 bits per heavy atom. The number of hydrogen-bond donors (Lipinski definition) is 1. The molecule has 3 aliphatic rings. The molecule has 48 heavy (non-hydrogen) atoms. The normalized spacial score (nSPS) is 23.7. The summed E-state index contributed by atoms with van der Waals surface area (Å²) >= 11 is 0. The molecule has 0 radical (unpaired) electrons. The van der Waals surface area contributed by atoms with E-state index in [1.807, 2.05) is 58.0 Å². The predicted molar refractivity (Wildman–Crippen MR) is 185 cm³/mol. The van der Waals surface area contributed by atoms with Crippen LogP contribution in [-0.4, -0.2) is 122 Å². The van der Waals surface area contributed by atoms with Gasteiger partial charge in [-0.15, -0.1) is 0 Å². The lowest BCUT2D eigenvalue weighted by atomic mass is 10.1. The Hall–Kier alpha value is -4.25. The molecule has 3 aromatic rings. The zero-order chi connectivity index (χ0) is 34.0. The average molecular weight is 658 g/mol. The number of piperazine rings is 1. The summed E-state index contributed by atoms with van der Waals surface area (Å²) < 4.78 is 17.6. The average Bonchev–Trinajstić information content (AvgIpc) is 3.45. The fourth-order valence-corrected chi connectivity index (χ4v) is 6.93. The molecule has 1 amide bonds. The van der Waals surface area contributed by atoms with E-state index in [-0.39, 0.29) is 24.4 Å². The third-order valence-corrected chi connectivity index (χ3v) is 9.08. The maximum Gasteiger partial charge on any atom is 0.408 e. The van der Waals surface area contributed by atoms with Crippen LogP contribution < -0.4 is 20.0 Å². The van der Waals surface area contributed by atoms with Gasteiger partial charge in [-0.05, 0) is 58.9 Å². The molecule has 3 fully saturated rings. The summed E-state index contributed by atoms with van der Waals surface area (Å²) in [5, 5.41) is 13.6. The van der Waals surface area contributed by atoms with Gasteiger partial charge in [0, 0.05) is 95.0 Å². The minimum Gasteiger partial charge on any atom is -0.444 e. The molecule has 1 aromatic carbocycles. The second-order valence-electron chi connectivity index (χ2n) is 14.0. The van der Waals surface area contributed by atoms with Crippen LogP contribution in [0.5, 0.6) is 0 Å². The number of amides is 1. The maximum absolute atomic E-state index is 12.5. The zero-order valence-electron chi connectivity index (χ0n) is 28.8. The summed E-state index contributed by atoms with van der Waals surface area (Å²) in [5.41, 5.74) is 2.75. The smallest absolute Gasteiger partial charge is 0.408 e. The lowest BCUT2D eigenvalue weighted by Gasteiger charge is -2.42. The number of morpholine rings is 1. The second-order valence-corrected chi connectivity index (χ2v) is 14.0. The number of methoxy groups -OCH3 is 1. The van der Waals surface area contributed by atoms with Gasteiger partial charge in [0.1, 0.15) is 17.5 Å². The molecule has 2 unspecified atom stereocenters. The van der Waals surface area contributed by atoms with Crippen LogP contribution in [-0.2, 0) is 14.2 Å². The lowest BCUT2D eigenvalue weighted by Crippen LogP contribution is -2.54. The highest BCUT2D eigenvalue weighted by atomic mass is 16.6. The number of anilines is 3. The number of fused-ring (bicyclic) bond motifs is 1. The van der Waals surface area contributed by atoms with E-state index in [1.165, 1.54) is 0 Å². The number of aryl methyl sites for hydroxylation is 1. The van der Waals surface area contributed by atoms with Crippen molar-refractivity contribution in [1.29, 1.82) is 5.26 Å². The first kappa shape index (κ1) is 33.6. The van der Waals surface area contributed by atoms with Crippen LogP contribution >= 0.6 is 0 Å². The third kappa shape index (κ3) is 7.72. The highest BCUT2D eigenvalue weighted by Crippen LogP contribution is 2.31. The number of alkyl carbamates (subject to hydrolysis) is 1. The predicted octanol–water partition coefficient (Wildman–Crippen LogP) is 3.35. The van der Waals surface area contributed by atoms with Crippen LogP contribution in [0.15, 0.2) is 36.5 Å². The van der Waals surface area contributed by atoms with Crippen molar-refractivity contribution in [3.8, 4) is 6.07 Å². The SMILES string of the molecule is COC1CN(c2nc(C)cc(N3CCN(C[C@H]4CN(c5ccc(C#N)c6ncccc56)C[C@@H](C)O4)CC3)n2)CC1NC(=O)OC(C)(C)C. The van der Waals surface area contributed by atoms with Crippen molar-refractivity contribution >= 4 is 34.4 Å². The zero-order valence-corrected chi connectivity index (χ0v) is 28.8. The number of nitrogens with zero attached hydrogens (tertiary/aromatic N) is 8. The molecule has 3 aliphatic heterocycles.